The number of carbonyl (C=O) groups excluding carboxylic acids is 1. The van der Waals surface area contributed by atoms with Crippen LogP contribution >= 0.6 is 0 Å². The van der Waals surface area contributed by atoms with Crippen molar-refractivity contribution in [2.75, 3.05) is 25.1 Å². The van der Waals surface area contributed by atoms with E-state index in [1.54, 1.807) is 12.1 Å². The molecule has 0 aliphatic carbocycles. The Kier molecular flexibility index (Phi) is 6.49. The Bertz CT molecular complexity index is 873. The maximum atomic E-state index is 13.3. The zero-order valence-corrected chi connectivity index (χ0v) is 16.8. The number of nitro benzene ring substituents is 1. The number of nitrogens with zero attached hydrogens (tertiary/aromatic N) is 1. The zero-order chi connectivity index (χ0) is 20.9. The lowest BCUT2D eigenvalue weighted by Crippen LogP contribution is -2.44. The van der Waals surface area contributed by atoms with E-state index in [1.807, 2.05) is 25.1 Å². The van der Waals surface area contributed by atoms with E-state index in [1.165, 1.54) is 12.1 Å². The summed E-state index contributed by atoms with van der Waals surface area (Å²) in [6.07, 6.45) is 1.97. The summed E-state index contributed by atoms with van der Waals surface area (Å²) in [4.78, 5) is 23.9. The molecule has 0 saturated carbocycles. The molecule has 1 amide bonds. The molecule has 1 saturated heterocycles. The van der Waals surface area contributed by atoms with E-state index in [2.05, 4.69) is 12.2 Å². The number of carbonyl (C=O) groups is 1. The molecule has 0 atom stereocenters. The lowest BCUT2D eigenvalue weighted by atomic mass is 9.73. The second kappa shape index (κ2) is 9.05. The van der Waals surface area contributed by atoms with Gasteiger partial charge in [-0.05, 0) is 55.5 Å². The number of nitro groups is 1. The number of amides is 1. The summed E-state index contributed by atoms with van der Waals surface area (Å²) in [6, 6.07) is 11.8. The van der Waals surface area contributed by atoms with Crippen molar-refractivity contribution in [1.29, 1.82) is 0 Å². The standard InChI is InChI=1S/C22H26N2O5/c1-3-12-29-20-9-6-18(15-16(20)2)23-21(25)22(10-13-28-14-11-22)17-4-7-19(8-5-17)24(26)27/h4-9,15H,3,10-14H2,1-2H3,(H,23,25). The monoisotopic (exact) mass is 398 g/mol. The molecule has 0 bridgehead atoms. The molecule has 1 heterocycles. The van der Waals surface area contributed by atoms with Crippen molar-refractivity contribution in [3.8, 4) is 5.75 Å². The maximum absolute atomic E-state index is 13.3. The number of rotatable bonds is 7. The second-order valence-electron chi connectivity index (χ2n) is 7.28. The largest absolute Gasteiger partial charge is 0.493 e. The summed E-state index contributed by atoms with van der Waals surface area (Å²) in [6.45, 7) is 5.58. The lowest BCUT2D eigenvalue weighted by molar-refractivity contribution is -0.384. The highest BCUT2D eigenvalue weighted by Crippen LogP contribution is 2.37. The Labute approximate surface area is 170 Å². The van der Waals surface area contributed by atoms with E-state index in [9.17, 15) is 14.9 Å². The van der Waals surface area contributed by atoms with Crippen LogP contribution in [-0.4, -0.2) is 30.7 Å². The van der Waals surface area contributed by atoms with E-state index >= 15 is 0 Å². The first kappa shape index (κ1) is 20.8. The molecule has 1 aliphatic rings. The second-order valence-corrected chi connectivity index (χ2v) is 7.28. The molecule has 0 spiro atoms. The summed E-state index contributed by atoms with van der Waals surface area (Å²) < 4.78 is 11.2. The Morgan fingerprint density at radius 2 is 1.90 bits per heavy atom. The minimum Gasteiger partial charge on any atom is -0.493 e. The van der Waals surface area contributed by atoms with Gasteiger partial charge in [-0.2, -0.15) is 0 Å². The van der Waals surface area contributed by atoms with E-state index < -0.39 is 10.3 Å². The van der Waals surface area contributed by atoms with E-state index in [0.29, 0.717) is 38.3 Å². The number of non-ortho nitro benzene ring substituents is 1. The molecular formula is C22H26N2O5. The number of benzene rings is 2. The van der Waals surface area contributed by atoms with Crippen LogP contribution in [0.25, 0.3) is 0 Å². The fourth-order valence-electron chi connectivity index (χ4n) is 3.62. The molecule has 154 valence electrons. The van der Waals surface area contributed by atoms with Crippen molar-refractivity contribution >= 4 is 17.3 Å². The first-order chi connectivity index (χ1) is 14.0. The van der Waals surface area contributed by atoms with Gasteiger partial charge >= 0.3 is 0 Å². The van der Waals surface area contributed by atoms with Crippen molar-refractivity contribution < 1.29 is 19.2 Å². The summed E-state index contributed by atoms with van der Waals surface area (Å²) in [5.41, 5.74) is 1.65. The zero-order valence-electron chi connectivity index (χ0n) is 16.8. The molecule has 0 aromatic heterocycles. The third-order valence-corrected chi connectivity index (χ3v) is 5.31. The number of hydrogen-bond acceptors (Lipinski definition) is 5. The van der Waals surface area contributed by atoms with Gasteiger partial charge < -0.3 is 14.8 Å². The molecule has 29 heavy (non-hydrogen) atoms. The van der Waals surface area contributed by atoms with Crippen LogP contribution in [-0.2, 0) is 14.9 Å². The van der Waals surface area contributed by atoms with Crippen LogP contribution < -0.4 is 10.1 Å². The first-order valence-electron chi connectivity index (χ1n) is 9.84. The summed E-state index contributed by atoms with van der Waals surface area (Å²) in [5.74, 6) is 0.678. The quantitative estimate of drug-likeness (QED) is 0.552. The average molecular weight is 398 g/mol. The third kappa shape index (κ3) is 4.56. The molecule has 2 aromatic rings. The highest BCUT2D eigenvalue weighted by atomic mass is 16.6. The van der Waals surface area contributed by atoms with Gasteiger partial charge in [-0.1, -0.05) is 19.1 Å². The number of hydrogen-bond donors (Lipinski definition) is 1. The fraction of sp³-hybridized carbons (Fsp3) is 0.409. The van der Waals surface area contributed by atoms with Gasteiger partial charge in [0.2, 0.25) is 5.91 Å². The molecule has 0 unspecified atom stereocenters. The lowest BCUT2D eigenvalue weighted by Gasteiger charge is -2.36. The minimum atomic E-state index is -0.779. The molecule has 1 fully saturated rings. The Balaban J connectivity index is 1.84. The normalized spacial score (nSPS) is 15.5. The molecule has 1 aliphatic heterocycles. The number of aryl methyl sites for hydroxylation is 1. The van der Waals surface area contributed by atoms with Crippen LogP contribution in [0.2, 0.25) is 0 Å². The van der Waals surface area contributed by atoms with Gasteiger partial charge in [0.1, 0.15) is 5.75 Å². The van der Waals surface area contributed by atoms with Crippen LogP contribution in [0.5, 0.6) is 5.75 Å². The van der Waals surface area contributed by atoms with E-state index in [-0.39, 0.29) is 11.6 Å². The van der Waals surface area contributed by atoms with Crippen molar-refractivity contribution in [1.82, 2.24) is 0 Å². The Morgan fingerprint density at radius 3 is 2.48 bits per heavy atom. The number of nitrogens with one attached hydrogen (secondary N) is 1. The first-order valence-corrected chi connectivity index (χ1v) is 9.84. The molecule has 1 N–H and O–H groups in total. The highest BCUT2D eigenvalue weighted by molar-refractivity contribution is 5.99. The van der Waals surface area contributed by atoms with Crippen LogP contribution in [0.1, 0.15) is 37.3 Å². The van der Waals surface area contributed by atoms with Gasteiger partial charge in [0.25, 0.3) is 5.69 Å². The van der Waals surface area contributed by atoms with Gasteiger partial charge in [0.05, 0.1) is 16.9 Å². The van der Waals surface area contributed by atoms with Crippen molar-refractivity contribution in [2.24, 2.45) is 0 Å². The smallest absolute Gasteiger partial charge is 0.269 e. The highest BCUT2D eigenvalue weighted by Gasteiger charge is 2.42. The average Bonchev–Trinajstić information content (AvgIpc) is 2.73. The topological polar surface area (TPSA) is 90.7 Å². The Morgan fingerprint density at radius 1 is 1.21 bits per heavy atom. The molecule has 3 rings (SSSR count). The van der Waals surface area contributed by atoms with Gasteiger partial charge in [-0.25, -0.2) is 0 Å². The van der Waals surface area contributed by atoms with Crippen molar-refractivity contribution in [3.63, 3.8) is 0 Å². The van der Waals surface area contributed by atoms with Gasteiger partial charge in [0.15, 0.2) is 0 Å². The van der Waals surface area contributed by atoms with Crippen molar-refractivity contribution in [2.45, 2.75) is 38.5 Å². The molecular weight excluding hydrogens is 372 g/mol. The fourth-order valence-corrected chi connectivity index (χ4v) is 3.62. The summed E-state index contributed by atoms with van der Waals surface area (Å²) >= 11 is 0. The van der Waals surface area contributed by atoms with Gasteiger partial charge in [-0.3, -0.25) is 14.9 Å². The minimum absolute atomic E-state index is 0.00894. The van der Waals surface area contributed by atoms with Gasteiger partial charge in [-0.15, -0.1) is 0 Å². The van der Waals surface area contributed by atoms with Crippen LogP contribution in [0, 0.1) is 17.0 Å². The van der Waals surface area contributed by atoms with E-state index in [0.717, 1.165) is 23.3 Å². The number of anilines is 1. The predicted molar refractivity (Wildman–Crippen MR) is 110 cm³/mol. The predicted octanol–water partition coefficient (Wildman–Crippen LogP) is 4.38. The number of ether oxygens (including phenoxy) is 2. The van der Waals surface area contributed by atoms with E-state index in [4.69, 9.17) is 9.47 Å². The Hall–Kier alpha value is -2.93. The maximum Gasteiger partial charge on any atom is 0.269 e. The summed E-state index contributed by atoms with van der Waals surface area (Å²) in [5, 5.41) is 14.0. The van der Waals surface area contributed by atoms with Crippen molar-refractivity contribution in [3.05, 3.63) is 63.7 Å². The molecule has 7 heteroatoms. The summed E-state index contributed by atoms with van der Waals surface area (Å²) in [7, 11) is 0. The van der Waals surface area contributed by atoms with Crippen LogP contribution in [0.15, 0.2) is 42.5 Å². The van der Waals surface area contributed by atoms with Crippen LogP contribution in [0.4, 0.5) is 11.4 Å². The molecule has 2 aromatic carbocycles. The van der Waals surface area contributed by atoms with Crippen LogP contribution in [0.3, 0.4) is 0 Å². The SMILES string of the molecule is CCCOc1ccc(NC(=O)C2(c3ccc([N+](=O)[O-])cc3)CCOCC2)cc1C. The third-order valence-electron chi connectivity index (χ3n) is 5.31. The van der Waals surface area contributed by atoms with Gasteiger partial charge in [0, 0.05) is 31.0 Å². The molecule has 7 nitrogen and oxygen atoms in total. The molecule has 0 radical (unpaired) electrons.